The predicted octanol–water partition coefficient (Wildman–Crippen LogP) is 4.29. The van der Waals surface area contributed by atoms with Gasteiger partial charge >= 0.3 is 18.2 Å². The molecular weight excluding hydrogens is 462 g/mol. The highest BCUT2D eigenvalue weighted by atomic mass is 35.5. The number of carbonyl (C=O) groups excluding carboxylic acids is 3. The molecule has 0 aliphatic carbocycles. The standard InChI is InChI=1S/C19H16Cl2F3N3O4/c20-10-5-6-14(12(7-10)19(22,23)24)26-16(28)9-31-17(29)8-15(27-18(25)30)11-3-1-2-4-13(11)21/h1-7,15H,8-9H2,(H,26,28)(H3,25,27,30). The summed E-state index contributed by atoms with van der Waals surface area (Å²) >= 11 is 11.6. The van der Waals surface area contributed by atoms with Crippen molar-refractivity contribution in [3.8, 4) is 0 Å². The van der Waals surface area contributed by atoms with Gasteiger partial charge in [0.25, 0.3) is 5.91 Å². The summed E-state index contributed by atoms with van der Waals surface area (Å²) in [6.07, 6.45) is -5.18. The lowest BCUT2D eigenvalue weighted by Gasteiger charge is -2.18. The van der Waals surface area contributed by atoms with Crippen LogP contribution in [0.1, 0.15) is 23.6 Å². The maximum Gasteiger partial charge on any atom is 0.418 e. The molecule has 7 nitrogen and oxygen atoms in total. The maximum absolute atomic E-state index is 13.1. The van der Waals surface area contributed by atoms with E-state index in [2.05, 4.69) is 5.32 Å². The summed E-state index contributed by atoms with van der Waals surface area (Å²) in [5.74, 6) is -1.92. The summed E-state index contributed by atoms with van der Waals surface area (Å²) in [7, 11) is 0. The molecular formula is C19H16Cl2F3N3O4. The number of halogens is 5. The number of amides is 3. The molecule has 0 aliphatic rings. The molecule has 1 unspecified atom stereocenters. The predicted molar refractivity (Wildman–Crippen MR) is 108 cm³/mol. The van der Waals surface area contributed by atoms with E-state index in [-0.39, 0.29) is 10.0 Å². The number of nitrogens with one attached hydrogen (secondary N) is 2. The zero-order valence-corrected chi connectivity index (χ0v) is 17.1. The van der Waals surface area contributed by atoms with E-state index in [1.54, 1.807) is 18.2 Å². The fourth-order valence-electron chi connectivity index (χ4n) is 2.59. The van der Waals surface area contributed by atoms with Crippen molar-refractivity contribution in [1.29, 1.82) is 0 Å². The van der Waals surface area contributed by atoms with Gasteiger partial charge in [-0.3, -0.25) is 9.59 Å². The van der Waals surface area contributed by atoms with Crippen molar-refractivity contribution >= 4 is 46.8 Å². The highest BCUT2D eigenvalue weighted by Crippen LogP contribution is 2.36. The second-order valence-corrected chi connectivity index (χ2v) is 7.03. The van der Waals surface area contributed by atoms with Gasteiger partial charge in [-0.1, -0.05) is 41.4 Å². The van der Waals surface area contributed by atoms with Crippen LogP contribution in [0.4, 0.5) is 23.7 Å². The van der Waals surface area contributed by atoms with Crippen molar-refractivity contribution in [2.45, 2.75) is 18.6 Å². The van der Waals surface area contributed by atoms with Crippen LogP contribution in [-0.2, 0) is 20.5 Å². The number of urea groups is 1. The molecule has 3 amide bonds. The number of carbonyl (C=O) groups is 3. The zero-order chi connectivity index (χ0) is 23.2. The monoisotopic (exact) mass is 477 g/mol. The average Bonchev–Trinajstić information content (AvgIpc) is 2.66. The van der Waals surface area contributed by atoms with E-state index in [0.29, 0.717) is 11.6 Å². The molecule has 1 atom stereocenters. The number of nitrogens with two attached hydrogens (primary N) is 1. The molecule has 0 bridgehead atoms. The number of primary amides is 1. The third-order valence-corrected chi connectivity index (χ3v) is 4.47. The van der Waals surface area contributed by atoms with Crippen molar-refractivity contribution in [1.82, 2.24) is 5.32 Å². The van der Waals surface area contributed by atoms with Crippen molar-refractivity contribution in [3.63, 3.8) is 0 Å². The van der Waals surface area contributed by atoms with Gasteiger partial charge in [-0.05, 0) is 29.8 Å². The Kier molecular flexibility index (Phi) is 8.12. The molecule has 31 heavy (non-hydrogen) atoms. The third kappa shape index (κ3) is 7.34. The highest BCUT2D eigenvalue weighted by molar-refractivity contribution is 6.31. The zero-order valence-electron chi connectivity index (χ0n) is 15.6. The van der Waals surface area contributed by atoms with Crippen LogP contribution in [0.25, 0.3) is 0 Å². The molecule has 0 saturated carbocycles. The first-order valence-corrected chi connectivity index (χ1v) is 9.35. The van der Waals surface area contributed by atoms with Gasteiger partial charge in [0.15, 0.2) is 6.61 Å². The maximum atomic E-state index is 13.1. The molecule has 0 spiro atoms. The van der Waals surface area contributed by atoms with E-state index in [4.69, 9.17) is 33.7 Å². The molecule has 2 aromatic rings. The van der Waals surface area contributed by atoms with Crippen molar-refractivity contribution in [2.75, 3.05) is 11.9 Å². The summed E-state index contributed by atoms with van der Waals surface area (Å²) in [5.41, 5.74) is 3.81. The van der Waals surface area contributed by atoms with Gasteiger partial charge in [0.05, 0.1) is 23.7 Å². The Balaban J connectivity index is 2.01. The first-order valence-electron chi connectivity index (χ1n) is 8.60. The Morgan fingerprint density at radius 2 is 1.77 bits per heavy atom. The first kappa shape index (κ1) is 24.3. The molecule has 0 fully saturated rings. The minimum absolute atomic E-state index is 0.163. The second kappa shape index (κ2) is 10.4. The van der Waals surface area contributed by atoms with Gasteiger partial charge in [-0.2, -0.15) is 13.2 Å². The van der Waals surface area contributed by atoms with Crippen LogP contribution in [0, 0.1) is 0 Å². The smallest absolute Gasteiger partial charge is 0.418 e. The summed E-state index contributed by atoms with van der Waals surface area (Å²) in [6, 6.07) is 7.32. The Morgan fingerprint density at radius 3 is 2.39 bits per heavy atom. The molecule has 0 saturated heterocycles. The van der Waals surface area contributed by atoms with Gasteiger partial charge in [0.1, 0.15) is 0 Å². The number of rotatable bonds is 7. The lowest BCUT2D eigenvalue weighted by atomic mass is 10.0. The van der Waals surface area contributed by atoms with E-state index >= 15 is 0 Å². The molecule has 0 radical (unpaired) electrons. The third-order valence-electron chi connectivity index (χ3n) is 3.89. The van der Waals surface area contributed by atoms with Gasteiger partial charge < -0.3 is 21.1 Å². The average molecular weight is 478 g/mol. The number of ether oxygens (including phenoxy) is 1. The Morgan fingerprint density at radius 1 is 1.10 bits per heavy atom. The molecule has 2 aromatic carbocycles. The van der Waals surface area contributed by atoms with Crippen LogP contribution in [-0.4, -0.2) is 24.5 Å². The Bertz CT molecular complexity index is 986. The molecule has 0 aromatic heterocycles. The van der Waals surface area contributed by atoms with Crippen LogP contribution < -0.4 is 16.4 Å². The second-order valence-electron chi connectivity index (χ2n) is 6.18. The van der Waals surface area contributed by atoms with Crippen molar-refractivity contribution < 1.29 is 32.3 Å². The molecule has 2 rings (SSSR count). The normalized spacial score (nSPS) is 12.0. The van der Waals surface area contributed by atoms with E-state index in [1.165, 1.54) is 12.1 Å². The van der Waals surface area contributed by atoms with E-state index in [9.17, 15) is 27.6 Å². The number of alkyl halides is 3. The van der Waals surface area contributed by atoms with E-state index in [1.807, 2.05) is 5.32 Å². The molecule has 12 heteroatoms. The van der Waals surface area contributed by atoms with Gasteiger partial charge in [0, 0.05) is 10.0 Å². The van der Waals surface area contributed by atoms with Gasteiger partial charge in [-0.25, -0.2) is 4.79 Å². The van der Waals surface area contributed by atoms with E-state index in [0.717, 1.165) is 6.07 Å². The van der Waals surface area contributed by atoms with Crippen LogP contribution in [0.5, 0.6) is 0 Å². The summed E-state index contributed by atoms with van der Waals surface area (Å²) < 4.78 is 44.1. The minimum atomic E-state index is -4.76. The van der Waals surface area contributed by atoms with Crippen LogP contribution >= 0.6 is 23.2 Å². The van der Waals surface area contributed by atoms with Gasteiger partial charge in [-0.15, -0.1) is 0 Å². The fourth-order valence-corrected chi connectivity index (χ4v) is 3.03. The quantitative estimate of drug-likeness (QED) is 0.516. The SMILES string of the molecule is NC(=O)NC(CC(=O)OCC(=O)Nc1ccc(Cl)cc1C(F)(F)F)c1ccccc1Cl. The largest absolute Gasteiger partial charge is 0.455 e. The van der Waals surface area contributed by atoms with Crippen LogP contribution in [0.3, 0.4) is 0 Å². The summed E-state index contributed by atoms with van der Waals surface area (Å²) in [6.45, 7) is -0.857. The molecule has 166 valence electrons. The molecule has 0 heterocycles. The summed E-state index contributed by atoms with van der Waals surface area (Å²) in [5, 5.41) is 4.46. The van der Waals surface area contributed by atoms with E-state index < -0.39 is 54.4 Å². The highest BCUT2D eigenvalue weighted by Gasteiger charge is 2.34. The minimum Gasteiger partial charge on any atom is -0.455 e. The first-order chi connectivity index (χ1) is 14.5. The molecule has 4 N–H and O–H groups in total. The number of anilines is 1. The van der Waals surface area contributed by atoms with Crippen molar-refractivity contribution in [2.24, 2.45) is 5.73 Å². The number of benzene rings is 2. The van der Waals surface area contributed by atoms with Gasteiger partial charge in [0.2, 0.25) is 0 Å². The topological polar surface area (TPSA) is 111 Å². The fraction of sp³-hybridized carbons (Fsp3) is 0.211. The molecule has 0 aliphatic heterocycles. The number of hydrogen-bond donors (Lipinski definition) is 3. The Hall–Kier alpha value is -2.98. The lowest BCUT2D eigenvalue weighted by Crippen LogP contribution is -2.35. The lowest BCUT2D eigenvalue weighted by molar-refractivity contribution is -0.148. The summed E-state index contributed by atoms with van der Waals surface area (Å²) in [4.78, 5) is 35.3. The Labute approximate surface area is 184 Å². The van der Waals surface area contributed by atoms with Crippen molar-refractivity contribution in [3.05, 3.63) is 63.6 Å². The van der Waals surface area contributed by atoms with Crippen LogP contribution in [0.15, 0.2) is 42.5 Å². The number of esters is 1. The number of hydrogen-bond acceptors (Lipinski definition) is 4. The van der Waals surface area contributed by atoms with Crippen LogP contribution in [0.2, 0.25) is 10.0 Å².